The van der Waals surface area contributed by atoms with Crippen LogP contribution in [-0.2, 0) is 26.3 Å². The minimum Gasteiger partial charge on any atom is -0.361 e. The molecule has 1 aromatic heterocycles. The van der Waals surface area contributed by atoms with Crippen molar-refractivity contribution in [3.05, 3.63) is 95.4 Å². The third kappa shape index (κ3) is 2.93. The number of aromatic amines is 1. The standard InChI is InChI=1S/C29H23FN4O3/c1-15-6-11-22-20(12-15)29(28(37)32-22)25-24(26(35)34(27(25)36)18-9-7-17(30)8-10-18)23(33-29)13-16-14-31-21-5-3-2-4-19(16)21/h2-12,14,23-25,31,33H,13H2,1H3,(H,32,37)/t23-,24-,25+,29-/m1/s1. The maximum Gasteiger partial charge on any atom is 0.250 e. The van der Waals surface area contributed by atoms with Crippen LogP contribution < -0.4 is 15.5 Å². The van der Waals surface area contributed by atoms with E-state index in [0.717, 1.165) is 26.9 Å². The molecule has 3 amide bonds. The molecule has 0 unspecified atom stereocenters. The number of fused-ring (bicyclic) bond motifs is 5. The van der Waals surface area contributed by atoms with Gasteiger partial charge in [0, 0.05) is 34.4 Å². The summed E-state index contributed by atoms with van der Waals surface area (Å²) < 4.78 is 13.6. The van der Waals surface area contributed by atoms with E-state index in [2.05, 4.69) is 15.6 Å². The van der Waals surface area contributed by atoms with Crippen LogP contribution in [0.25, 0.3) is 10.9 Å². The summed E-state index contributed by atoms with van der Waals surface area (Å²) in [6.07, 6.45) is 2.36. The number of anilines is 2. The summed E-state index contributed by atoms with van der Waals surface area (Å²) in [5.74, 6) is -3.36. The van der Waals surface area contributed by atoms with Gasteiger partial charge in [-0.1, -0.05) is 35.9 Å². The number of H-pyrrole nitrogens is 1. The molecule has 3 N–H and O–H groups in total. The molecule has 4 aromatic rings. The van der Waals surface area contributed by atoms with E-state index in [-0.39, 0.29) is 11.8 Å². The van der Waals surface area contributed by atoms with Crippen molar-refractivity contribution < 1.29 is 18.8 Å². The van der Waals surface area contributed by atoms with Gasteiger partial charge in [-0.15, -0.1) is 0 Å². The fourth-order valence-corrected chi connectivity index (χ4v) is 6.47. The smallest absolute Gasteiger partial charge is 0.250 e. The topological polar surface area (TPSA) is 94.3 Å². The first kappa shape index (κ1) is 21.9. The van der Waals surface area contributed by atoms with E-state index in [4.69, 9.17) is 0 Å². The van der Waals surface area contributed by atoms with Crippen LogP contribution >= 0.6 is 0 Å². The number of hydrogen-bond acceptors (Lipinski definition) is 4. The molecule has 1 spiro atoms. The van der Waals surface area contributed by atoms with Crippen LogP contribution in [0.5, 0.6) is 0 Å². The van der Waals surface area contributed by atoms with Crippen molar-refractivity contribution in [2.45, 2.75) is 24.9 Å². The summed E-state index contributed by atoms with van der Waals surface area (Å²) in [7, 11) is 0. The molecule has 3 aliphatic rings. The fourth-order valence-electron chi connectivity index (χ4n) is 6.47. The molecule has 37 heavy (non-hydrogen) atoms. The second-order valence-corrected chi connectivity index (χ2v) is 10.1. The molecule has 7 nitrogen and oxygen atoms in total. The number of amides is 3. The lowest BCUT2D eigenvalue weighted by atomic mass is 9.76. The molecule has 2 saturated heterocycles. The number of para-hydroxylation sites is 1. The highest BCUT2D eigenvalue weighted by atomic mass is 19.1. The molecular formula is C29H23FN4O3. The summed E-state index contributed by atoms with van der Waals surface area (Å²) in [5.41, 5.74) is 3.14. The first-order chi connectivity index (χ1) is 17.9. The lowest BCUT2D eigenvalue weighted by Gasteiger charge is -2.29. The van der Waals surface area contributed by atoms with Gasteiger partial charge in [-0.05, 0) is 55.3 Å². The molecule has 0 saturated carbocycles. The number of benzene rings is 3. The van der Waals surface area contributed by atoms with Crippen LogP contribution in [0.2, 0.25) is 0 Å². The molecule has 0 radical (unpaired) electrons. The Morgan fingerprint density at radius 1 is 0.973 bits per heavy atom. The molecule has 8 heteroatoms. The summed E-state index contributed by atoms with van der Waals surface area (Å²) in [4.78, 5) is 46.1. The van der Waals surface area contributed by atoms with E-state index in [1.54, 1.807) is 0 Å². The van der Waals surface area contributed by atoms with Gasteiger partial charge < -0.3 is 10.3 Å². The van der Waals surface area contributed by atoms with Crippen molar-refractivity contribution in [3.8, 4) is 0 Å². The Hall–Kier alpha value is -4.30. The molecule has 3 aliphatic heterocycles. The van der Waals surface area contributed by atoms with Gasteiger partial charge in [0.25, 0.3) is 0 Å². The Morgan fingerprint density at radius 2 is 1.76 bits per heavy atom. The Morgan fingerprint density at radius 3 is 2.57 bits per heavy atom. The Bertz CT molecular complexity index is 1630. The highest BCUT2D eigenvalue weighted by Gasteiger charge is 2.70. The number of carbonyl (C=O) groups excluding carboxylic acids is 3. The van der Waals surface area contributed by atoms with Crippen LogP contribution in [0, 0.1) is 24.6 Å². The van der Waals surface area contributed by atoms with Crippen molar-refractivity contribution in [2.24, 2.45) is 11.8 Å². The number of halogens is 1. The van der Waals surface area contributed by atoms with Crippen molar-refractivity contribution in [2.75, 3.05) is 10.2 Å². The van der Waals surface area contributed by atoms with Crippen molar-refractivity contribution in [1.29, 1.82) is 0 Å². The number of nitrogens with one attached hydrogen (secondary N) is 3. The number of carbonyl (C=O) groups is 3. The minimum absolute atomic E-state index is 0.301. The van der Waals surface area contributed by atoms with Crippen LogP contribution in [-0.4, -0.2) is 28.7 Å². The largest absolute Gasteiger partial charge is 0.361 e. The molecule has 3 aromatic carbocycles. The third-order valence-electron chi connectivity index (χ3n) is 8.07. The molecule has 7 rings (SSSR count). The van der Waals surface area contributed by atoms with Crippen molar-refractivity contribution in [3.63, 3.8) is 0 Å². The fraction of sp³-hybridized carbons (Fsp3) is 0.207. The monoisotopic (exact) mass is 494 g/mol. The summed E-state index contributed by atoms with van der Waals surface area (Å²) >= 11 is 0. The van der Waals surface area contributed by atoms with Gasteiger partial charge in [-0.2, -0.15) is 0 Å². The summed E-state index contributed by atoms with van der Waals surface area (Å²) in [6.45, 7) is 1.93. The normalized spacial score (nSPS) is 26.3. The number of nitrogens with zero attached hydrogens (tertiary/aromatic N) is 1. The summed E-state index contributed by atoms with van der Waals surface area (Å²) in [6, 6.07) is 18.4. The first-order valence-corrected chi connectivity index (χ1v) is 12.3. The zero-order chi connectivity index (χ0) is 25.5. The van der Waals surface area contributed by atoms with Crippen molar-refractivity contribution >= 4 is 40.0 Å². The second-order valence-electron chi connectivity index (χ2n) is 10.1. The average Bonchev–Trinajstić information content (AvgIpc) is 3.59. The van der Waals surface area contributed by atoms with Gasteiger partial charge in [-0.25, -0.2) is 9.29 Å². The van der Waals surface area contributed by atoms with Crippen LogP contribution in [0.3, 0.4) is 0 Å². The number of hydrogen-bond donors (Lipinski definition) is 3. The summed E-state index contributed by atoms with van der Waals surface area (Å²) in [5, 5.41) is 7.46. The Labute approximate surface area is 211 Å². The third-order valence-corrected chi connectivity index (χ3v) is 8.07. The maximum atomic E-state index is 14.0. The molecular weight excluding hydrogens is 471 g/mol. The maximum absolute atomic E-state index is 14.0. The average molecular weight is 495 g/mol. The minimum atomic E-state index is -1.38. The SMILES string of the molecule is Cc1ccc2c(c1)[C@]1(N[C@H](Cc3c[nH]c4ccccc34)[C@H]3C(=O)N(c4ccc(F)cc4)C(=O)[C@H]31)C(=O)N2. The molecule has 2 fully saturated rings. The highest BCUT2D eigenvalue weighted by molar-refractivity contribution is 6.25. The van der Waals surface area contributed by atoms with Gasteiger partial charge in [0.15, 0.2) is 0 Å². The van der Waals surface area contributed by atoms with E-state index in [1.807, 2.05) is 55.6 Å². The zero-order valence-corrected chi connectivity index (χ0v) is 19.9. The second kappa shape index (κ2) is 7.60. The van der Waals surface area contributed by atoms with Gasteiger partial charge in [0.1, 0.15) is 11.4 Å². The molecule has 4 heterocycles. The first-order valence-electron chi connectivity index (χ1n) is 12.3. The molecule has 184 valence electrons. The lowest BCUT2D eigenvalue weighted by molar-refractivity contribution is -0.130. The molecule has 0 bridgehead atoms. The molecule has 4 atom stereocenters. The predicted molar refractivity (Wildman–Crippen MR) is 136 cm³/mol. The number of imide groups is 1. The van der Waals surface area contributed by atoms with Crippen LogP contribution in [0.15, 0.2) is 72.9 Å². The van der Waals surface area contributed by atoms with Gasteiger partial charge >= 0.3 is 0 Å². The molecule has 0 aliphatic carbocycles. The van der Waals surface area contributed by atoms with Gasteiger partial charge in [0.2, 0.25) is 17.7 Å². The van der Waals surface area contributed by atoms with Gasteiger partial charge in [0.05, 0.1) is 17.5 Å². The Kier molecular flexibility index (Phi) is 4.51. The quantitative estimate of drug-likeness (QED) is 0.378. The number of aromatic nitrogens is 1. The highest BCUT2D eigenvalue weighted by Crippen LogP contribution is 2.54. The van der Waals surface area contributed by atoms with Gasteiger partial charge in [-0.3, -0.25) is 19.7 Å². The predicted octanol–water partition coefficient (Wildman–Crippen LogP) is 3.78. The lowest BCUT2D eigenvalue weighted by Crippen LogP contribution is -2.53. The van der Waals surface area contributed by atoms with Crippen LogP contribution in [0.4, 0.5) is 15.8 Å². The number of rotatable bonds is 3. The Balaban J connectivity index is 1.38. The number of aryl methyl sites for hydroxylation is 1. The zero-order valence-electron chi connectivity index (χ0n) is 19.9. The van der Waals surface area contributed by atoms with Crippen molar-refractivity contribution in [1.82, 2.24) is 10.3 Å². The van der Waals surface area contributed by atoms with E-state index in [1.165, 1.54) is 24.3 Å². The van der Waals surface area contributed by atoms with E-state index in [9.17, 15) is 18.8 Å². The van der Waals surface area contributed by atoms with E-state index < -0.39 is 35.1 Å². The van der Waals surface area contributed by atoms with E-state index >= 15 is 0 Å². The van der Waals surface area contributed by atoms with Crippen LogP contribution in [0.1, 0.15) is 16.7 Å². The van der Waals surface area contributed by atoms with E-state index in [0.29, 0.717) is 23.4 Å².